The fourth-order valence-corrected chi connectivity index (χ4v) is 3.11. The summed E-state index contributed by atoms with van der Waals surface area (Å²) in [6.45, 7) is 2.09. The Morgan fingerprint density at radius 1 is 1.22 bits per heavy atom. The quantitative estimate of drug-likeness (QED) is 0.701. The van der Waals surface area contributed by atoms with E-state index in [-0.39, 0.29) is 5.91 Å². The van der Waals surface area contributed by atoms with Gasteiger partial charge in [0, 0.05) is 27.2 Å². The zero-order valence-electron chi connectivity index (χ0n) is 12.5. The largest absolute Gasteiger partial charge is 0.322 e. The van der Waals surface area contributed by atoms with Crippen molar-refractivity contribution < 1.29 is 4.79 Å². The van der Waals surface area contributed by atoms with Crippen LogP contribution < -0.4 is 5.32 Å². The minimum absolute atomic E-state index is 0.161. The molecule has 0 radical (unpaired) electrons. The van der Waals surface area contributed by atoms with Gasteiger partial charge in [0.2, 0.25) is 0 Å². The van der Waals surface area contributed by atoms with E-state index in [4.69, 9.17) is 11.6 Å². The highest BCUT2D eigenvalue weighted by Crippen LogP contribution is 2.23. The number of aromatic nitrogens is 1. The lowest BCUT2D eigenvalue weighted by Gasteiger charge is -2.06. The Labute approximate surface area is 144 Å². The van der Waals surface area contributed by atoms with Crippen LogP contribution in [-0.2, 0) is 6.42 Å². The van der Waals surface area contributed by atoms with Crippen LogP contribution in [0.15, 0.2) is 53.9 Å². The predicted molar refractivity (Wildman–Crippen MR) is 96.3 cm³/mol. The van der Waals surface area contributed by atoms with Gasteiger partial charge >= 0.3 is 0 Å². The van der Waals surface area contributed by atoms with Crippen LogP contribution in [0.25, 0.3) is 11.3 Å². The highest BCUT2D eigenvalue weighted by atomic mass is 35.5. The molecule has 1 N–H and O–H groups in total. The fraction of sp³-hybridized carbons (Fsp3) is 0.111. The van der Waals surface area contributed by atoms with Crippen molar-refractivity contribution in [2.45, 2.75) is 13.3 Å². The summed E-state index contributed by atoms with van der Waals surface area (Å²) in [6, 6.07) is 14.5. The first kappa shape index (κ1) is 15.7. The Hall–Kier alpha value is -2.17. The maximum atomic E-state index is 12.3. The van der Waals surface area contributed by atoms with Crippen molar-refractivity contribution in [2.75, 3.05) is 5.32 Å². The molecule has 0 fully saturated rings. The number of anilines is 1. The standard InChI is InChI=1S/C18H15ClN2OS/c1-2-17-21-16(11-23-17)12-6-8-13(9-7-12)18(22)20-15-5-3-4-14(19)10-15/h3-11H,2H2,1H3,(H,20,22). The summed E-state index contributed by atoms with van der Waals surface area (Å²) in [7, 11) is 0. The third-order valence-corrected chi connectivity index (χ3v) is 4.61. The van der Waals surface area contributed by atoms with Gasteiger partial charge in [0.05, 0.1) is 10.7 Å². The van der Waals surface area contributed by atoms with Crippen LogP contribution in [0.5, 0.6) is 0 Å². The van der Waals surface area contributed by atoms with Gasteiger partial charge in [-0.3, -0.25) is 4.79 Å². The summed E-state index contributed by atoms with van der Waals surface area (Å²) in [6.07, 6.45) is 0.935. The summed E-state index contributed by atoms with van der Waals surface area (Å²) in [5.41, 5.74) is 3.24. The van der Waals surface area contributed by atoms with Crippen molar-refractivity contribution in [1.82, 2.24) is 4.98 Å². The molecule has 116 valence electrons. The van der Waals surface area contributed by atoms with E-state index >= 15 is 0 Å². The summed E-state index contributed by atoms with van der Waals surface area (Å²) in [4.78, 5) is 16.8. The molecule has 2 aromatic carbocycles. The van der Waals surface area contributed by atoms with Gasteiger partial charge in [-0.05, 0) is 36.8 Å². The van der Waals surface area contributed by atoms with Gasteiger partial charge in [0.25, 0.3) is 5.91 Å². The fourth-order valence-electron chi connectivity index (χ4n) is 2.17. The topological polar surface area (TPSA) is 42.0 Å². The average Bonchev–Trinajstić information content (AvgIpc) is 3.04. The SMILES string of the molecule is CCc1nc(-c2ccc(C(=O)Nc3cccc(Cl)c3)cc2)cs1. The van der Waals surface area contributed by atoms with Crippen LogP contribution in [0.2, 0.25) is 5.02 Å². The van der Waals surface area contributed by atoms with Crippen LogP contribution in [0.4, 0.5) is 5.69 Å². The molecule has 3 rings (SSSR count). The number of nitrogens with zero attached hydrogens (tertiary/aromatic N) is 1. The lowest BCUT2D eigenvalue weighted by molar-refractivity contribution is 0.102. The highest BCUT2D eigenvalue weighted by molar-refractivity contribution is 7.09. The third-order valence-electron chi connectivity index (χ3n) is 3.38. The zero-order chi connectivity index (χ0) is 16.2. The maximum absolute atomic E-state index is 12.3. The second-order valence-corrected chi connectivity index (χ2v) is 6.40. The van der Waals surface area contributed by atoms with E-state index in [1.165, 1.54) is 0 Å². The zero-order valence-corrected chi connectivity index (χ0v) is 14.1. The van der Waals surface area contributed by atoms with Crippen molar-refractivity contribution in [2.24, 2.45) is 0 Å². The molecule has 1 heterocycles. The van der Waals surface area contributed by atoms with Crippen LogP contribution >= 0.6 is 22.9 Å². The highest BCUT2D eigenvalue weighted by Gasteiger charge is 2.08. The molecule has 0 spiro atoms. The molecule has 1 aromatic heterocycles. The lowest BCUT2D eigenvalue weighted by Crippen LogP contribution is -2.11. The van der Waals surface area contributed by atoms with E-state index < -0.39 is 0 Å². The van der Waals surface area contributed by atoms with Crippen LogP contribution in [-0.4, -0.2) is 10.9 Å². The minimum Gasteiger partial charge on any atom is -0.322 e. The number of hydrogen-bond donors (Lipinski definition) is 1. The van der Waals surface area contributed by atoms with Crippen LogP contribution in [0.3, 0.4) is 0 Å². The number of carbonyl (C=O) groups is 1. The molecule has 0 aliphatic heterocycles. The molecular formula is C18H15ClN2OS. The summed E-state index contributed by atoms with van der Waals surface area (Å²) in [5.74, 6) is -0.161. The first-order valence-corrected chi connectivity index (χ1v) is 8.53. The molecule has 0 aliphatic carbocycles. The van der Waals surface area contributed by atoms with Crippen molar-refractivity contribution in [3.63, 3.8) is 0 Å². The van der Waals surface area contributed by atoms with E-state index in [0.717, 1.165) is 22.7 Å². The van der Waals surface area contributed by atoms with E-state index in [0.29, 0.717) is 16.3 Å². The van der Waals surface area contributed by atoms with Crippen LogP contribution in [0, 0.1) is 0 Å². The van der Waals surface area contributed by atoms with Gasteiger partial charge in [-0.25, -0.2) is 4.98 Å². The second-order valence-electron chi connectivity index (χ2n) is 5.02. The van der Waals surface area contributed by atoms with Gasteiger partial charge in [-0.1, -0.05) is 36.7 Å². The van der Waals surface area contributed by atoms with E-state index in [2.05, 4.69) is 17.2 Å². The minimum atomic E-state index is -0.161. The summed E-state index contributed by atoms with van der Waals surface area (Å²) in [5, 5.41) is 6.58. The third kappa shape index (κ3) is 3.78. The normalized spacial score (nSPS) is 10.5. The number of rotatable bonds is 4. The van der Waals surface area contributed by atoms with E-state index in [9.17, 15) is 4.79 Å². The molecular weight excluding hydrogens is 328 g/mol. The number of carbonyl (C=O) groups excluding carboxylic acids is 1. The number of nitrogens with one attached hydrogen (secondary N) is 1. The first-order chi connectivity index (χ1) is 11.2. The van der Waals surface area contributed by atoms with Gasteiger partial charge in [0.15, 0.2) is 0 Å². The average molecular weight is 343 g/mol. The predicted octanol–water partition coefficient (Wildman–Crippen LogP) is 5.28. The Kier molecular flexibility index (Phi) is 4.74. The van der Waals surface area contributed by atoms with E-state index in [1.54, 1.807) is 47.7 Å². The van der Waals surface area contributed by atoms with Crippen molar-refractivity contribution in [1.29, 1.82) is 0 Å². The Morgan fingerprint density at radius 3 is 2.65 bits per heavy atom. The van der Waals surface area contributed by atoms with Gasteiger partial charge in [-0.2, -0.15) is 0 Å². The number of aryl methyl sites for hydroxylation is 1. The molecule has 3 nitrogen and oxygen atoms in total. The number of thiazole rings is 1. The molecule has 0 bridgehead atoms. The Bertz CT molecular complexity index is 827. The lowest BCUT2D eigenvalue weighted by atomic mass is 10.1. The van der Waals surface area contributed by atoms with Gasteiger partial charge < -0.3 is 5.32 Å². The van der Waals surface area contributed by atoms with E-state index in [1.807, 2.05) is 17.5 Å². The smallest absolute Gasteiger partial charge is 0.255 e. The molecule has 0 unspecified atom stereocenters. The molecule has 3 aromatic rings. The second kappa shape index (κ2) is 6.94. The van der Waals surface area contributed by atoms with Crippen molar-refractivity contribution >= 4 is 34.5 Å². The number of hydrogen-bond acceptors (Lipinski definition) is 3. The van der Waals surface area contributed by atoms with Gasteiger partial charge in [0.1, 0.15) is 0 Å². The molecule has 0 saturated heterocycles. The number of halogens is 1. The summed E-state index contributed by atoms with van der Waals surface area (Å²) < 4.78 is 0. The van der Waals surface area contributed by atoms with Crippen LogP contribution in [0.1, 0.15) is 22.3 Å². The first-order valence-electron chi connectivity index (χ1n) is 7.27. The van der Waals surface area contributed by atoms with Gasteiger partial charge in [-0.15, -0.1) is 11.3 Å². The number of amides is 1. The Morgan fingerprint density at radius 2 is 2.00 bits per heavy atom. The maximum Gasteiger partial charge on any atom is 0.255 e. The van der Waals surface area contributed by atoms with Crippen molar-refractivity contribution in [3.8, 4) is 11.3 Å². The Balaban J connectivity index is 1.75. The monoisotopic (exact) mass is 342 g/mol. The molecule has 0 saturated carbocycles. The summed E-state index contributed by atoms with van der Waals surface area (Å²) >= 11 is 7.57. The van der Waals surface area contributed by atoms with Crippen molar-refractivity contribution in [3.05, 3.63) is 69.5 Å². The number of benzene rings is 2. The molecule has 1 amide bonds. The molecule has 5 heteroatoms. The molecule has 23 heavy (non-hydrogen) atoms. The molecule has 0 atom stereocenters. The molecule has 0 aliphatic rings.